The van der Waals surface area contributed by atoms with Crippen molar-refractivity contribution in [3.8, 4) is 0 Å². The zero-order chi connectivity index (χ0) is 12.3. The second kappa shape index (κ2) is 5.17. The number of allylic oxidation sites excluding steroid dienone is 1. The average Bonchev–Trinajstić information content (AvgIpc) is 2.74. The summed E-state index contributed by atoms with van der Waals surface area (Å²) < 4.78 is 0. The van der Waals surface area contributed by atoms with Crippen molar-refractivity contribution in [3.05, 3.63) is 36.1 Å². The molecular formula is C15H19NO. The maximum atomic E-state index is 9.11. The van der Waals surface area contributed by atoms with Crippen LogP contribution in [0.15, 0.2) is 35.5 Å². The fourth-order valence-electron chi connectivity index (χ4n) is 2.27. The van der Waals surface area contributed by atoms with Gasteiger partial charge in [0.05, 0.1) is 11.9 Å². The highest BCUT2D eigenvalue weighted by atomic mass is 16.2. The molecule has 90 valence electrons. The predicted molar refractivity (Wildman–Crippen MR) is 72.8 cm³/mol. The van der Waals surface area contributed by atoms with Crippen molar-refractivity contribution in [2.75, 3.05) is 0 Å². The summed E-state index contributed by atoms with van der Waals surface area (Å²) in [7, 11) is 0. The maximum Gasteiger partial charge on any atom is 0.0827 e. The molecule has 0 heterocycles. The molecule has 2 heteroatoms. The third kappa shape index (κ3) is 2.76. The molecule has 0 saturated heterocycles. The van der Waals surface area contributed by atoms with Crippen LogP contribution in [0.1, 0.15) is 38.7 Å². The molecule has 1 aromatic rings. The van der Waals surface area contributed by atoms with Crippen LogP contribution < -0.4 is 0 Å². The molecule has 0 aliphatic heterocycles. The van der Waals surface area contributed by atoms with Crippen molar-refractivity contribution in [2.24, 2.45) is 10.9 Å². The lowest BCUT2D eigenvalue weighted by molar-refractivity contribution is 0.475. The van der Waals surface area contributed by atoms with E-state index >= 15 is 0 Å². The molecule has 1 N–H and O–H groups in total. The highest BCUT2D eigenvalue weighted by Gasteiger charge is 2.16. The third-order valence-electron chi connectivity index (χ3n) is 3.31. The summed E-state index contributed by atoms with van der Waals surface area (Å²) >= 11 is 0. The number of aliphatic hydroxyl groups is 1. The van der Waals surface area contributed by atoms with Gasteiger partial charge in [-0.25, -0.2) is 0 Å². The smallest absolute Gasteiger partial charge is 0.0827 e. The summed E-state index contributed by atoms with van der Waals surface area (Å²) in [5, 5.41) is 9.11. The molecule has 1 aromatic carbocycles. The quantitative estimate of drug-likeness (QED) is 0.744. The van der Waals surface area contributed by atoms with Crippen LogP contribution in [0, 0.1) is 5.92 Å². The van der Waals surface area contributed by atoms with E-state index in [1.807, 2.05) is 31.2 Å². The standard InChI is InChI=1S/C15H19NO/c1-11-7-8-13(9-11)16-15-6-4-3-5-14(15)12(2)10-17/h3-6,10-11,17H,7-9H2,1-2H3. The van der Waals surface area contributed by atoms with Gasteiger partial charge in [-0.1, -0.05) is 25.1 Å². The van der Waals surface area contributed by atoms with Crippen LogP contribution in [0.3, 0.4) is 0 Å². The molecule has 17 heavy (non-hydrogen) atoms. The van der Waals surface area contributed by atoms with E-state index in [4.69, 9.17) is 10.1 Å². The van der Waals surface area contributed by atoms with E-state index in [2.05, 4.69) is 6.92 Å². The Hall–Kier alpha value is -1.57. The average molecular weight is 229 g/mol. The molecule has 1 fully saturated rings. The number of nitrogens with zero attached hydrogens (tertiary/aromatic N) is 1. The van der Waals surface area contributed by atoms with Crippen LogP contribution in [0.2, 0.25) is 0 Å². The van der Waals surface area contributed by atoms with Gasteiger partial charge in [0.15, 0.2) is 0 Å². The summed E-state index contributed by atoms with van der Waals surface area (Å²) in [6.07, 6.45) is 4.61. The Morgan fingerprint density at radius 3 is 2.82 bits per heavy atom. The molecule has 1 aliphatic carbocycles. The summed E-state index contributed by atoms with van der Waals surface area (Å²) in [6.45, 7) is 4.17. The Morgan fingerprint density at radius 2 is 2.18 bits per heavy atom. The minimum Gasteiger partial charge on any atom is -0.515 e. The first-order valence-electron chi connectivity index (χ1n) is 6.17. The largest absolute Gasteiger partial charge is 0.515 e. The molecule has 2 nitrogen and oxygen atoms in total. The molecule has 1 atom stereocenters. The zero-order valence-electron chi connectivity index (χ0n) is 10.5. The number of benzene rings is 1. The Morgan fingerprint density at radius 1 is 1.41 bits per heavy atom. The molecule has 2 rings (SSSR count). The van der Waals surface area contributed by atoms with E-state index in [0.717, 1.165) is 41.8 Å². The van der Waals surface area contributed by atoms with Crippen LogP contribution in [0.4, 0.5) is 5.69 Å². The van der Waals surface area contributed by atoms with Gasteiger partial charge in [-0.2, -0.15) is 0 Å². The second-order valence-corrected chi connectivity index (χ2v) is 4.86. The van der Waals surface area contributed by atoms with Crippen LogP contribution in [-0.2, 0) is 0 Å². The van der Waals surface area contributed by atoms with Gasteiger partial charge in [-0.3, -0.25) is 4.99 Å². The highest BCUT2D eigenvalue weighted by Crippen LogP contribution is 2.29. The lowest BCUT2D eigenvalue weighted by atomic mass is 10.1. The second-order valence-electron chi connectivity index (χ2n) is 4.86. The maximum absolute atomic E-state index is 9.11. The number of aliphatic imine (C=N–C) groups is 1. The van der Waals surface area contributed by atoms with Gasteiger partial charge < -0.3 is 5.11 Å². The number of rotatable bonds is 2. The lowest BCUT2D eigenvalue weighted by Crippen LogP contribution is -1.91. The van der Waals surface area contributed by atoms with Crippen LogP contribution in [-0.4, -0.2) is 10.8 Å². The molecule has 0 bridgehead atoms. The molecule has 1 saturated carbocycles. The molecule has 0 radical (unpaired) electrons. The summed E-state index contributed by atoms with van der Waals surface area (Å²) in [4.78, 5) is 4.74. The molecule has 1 unspecified atom stereocenters. The number of aliphatic hydroxyl groups excluding tert-OH is 1. The molecule has 1 aliphatic rings. The summed E-state index contributed by atoms with van der Waals surface area (Å²) in [6, 6.07) is 7.98. The Labute approximate surface area is 103 Å². The van der Waals surface area contributed by atoms with Crippen molar-refractivity contribution < 1.29 is 5.11 Å². The van der Waals surface area contributed by atoms with Crippen molar-refractivity contribution >= 4 is 17.0 Å². The van der Waals surface area contributed by atoms with Gasteiger partial charge in [-0.15, -0.1) is 0 Å². The molecular weight excluding hydrogens is 210 g/mol. The van der Waals surface area contributed by atoms with Crippen LogP contribution in [0.5, 0.6) is 0 Å². The predicted octanol–water partition coefficient (Wildman–Crippen LogP) is 4.50. The molecule has 0 spiro atoms. The van der Waals surface area contributed by atoms with Gasteiger partial charge >= 0.3 is 0 Å². The van der Waals surface area contributed by atoms with Crippen LogP contribution in [0.25, 0.3) is 5.57 Å². The number of hydrogen-bond acceptors (Lipinski definition) is 2. The minimum absolute atomic E-state index is 0.760. The first-order valence-corrected chi connectivity index (χ1v) is 6.17. The molecule has 0 aromatic heterocycles. The van der Waals surface area contributed by atoms with E-state index in [1.165, 1.54) is 12.1 Å². The normalized spacial score (nSPS) is 23.3. The van der Waals surface area contributed by atoms with E-state index in [-0.39, 0.29) is 0 Å². The van der Waals surface area contributed by atoms with Crippen LogP contribution >= 0.6 is 0 Å². The van der Waals surface area contributed by atoms with E-state index in [9.17, 15) is 0 Å². The fraction of sp³-hybridized carbons (Fsp3) is 0.400. The fourth-order valence-corrected chi connectivity index (χ4v) is 2.27. The number of para-hydroxylation sites is 1. The SMILES string of the molecule is CC(=CO)c1ccccc1N=C1CCC(C)C1. The Bertz CT molecular complexity index is 460. The molecule has 0 amide bonds. The van der Waals surface area contributed by atoms with Crippen molar-refractivity contribution in [1.82, 2.24) is 0 Å². The summed E-state index contributed by atoms with van der Waals surface area (Å²) in [5.74, 6) is 0.760. The van der Waals surface area contributed by atoms with Crippen molar-refractivity contribution in [2.45, 2.75) is 33.1 Å². The summed E-state index contributed by atoms with van der Waals surface area (Å²) in [5.41, 5.74) is 4.13. The topological polar surface area (TPSA) is 32.6 Å². The highest BCUT2D eigenvalue weighted by molar-refractivity contribution is 5.90. The van der Waals surface area contributed by atoms with Crippen molar-refractivity contribution in [3.63, 3.8) is 0 Å². The zero-order valence-corrected chi connectivity index (χ0v) is 10.5. The number of hydrogen-bond donors (Lipinski definition) is 1. The monoisotopic (exact) mass is 229 g/mol. The van der Waals surface area contributed by atoms with E-state index < -0.39 is 0 Å². The van der Waals surface area contributed by atoms with Gasteiger partial charge in [0.25, 0.3) is 0 Å². The lowest BCUT2D eigenvalue weighted by Gasteiger charge is -2.06. The van der Waals surface area contributed by atoms with Gasteiger partial charge in [0, 0.05) is 11.3 Å². The van der Waals surface area contributed by atoms with E-state index in [0.29, 0.717) is 0 Å². The Kier molecular flexibility index (Phi) is 3.62. The van der Waals surface area contributed by atoms with Gasteiger partial charge in [0.1, 0.15) is 0 Å². The van der Waals surface area contributed by atoms with E-state index in [1.54, 1.807) is 0 Å². The van der Waals surface area contributed by atoms with Crippen molar-refractivity contribution in [1.29, 1.82) is 0 Å². The minimum atomic E-state index is 0.760. The first kappa shape index (κ1) is 11.9. The van der Waals surface area contributed by atoms with Gasteiger partial charge in [-0.05, 0) is 43.7 Å². The Balaban J connectivity index is 2.33. The third-order valence-corrected chi connectivity index (χ3v) is 3.31. The van der Waals surface area contributed by atoms with Gasteiger partial charge in [0.2, 0.25) is 0 Å². The first-order chi connectivity index (χ1) is 8.20.